The van der Waals surface area contributed by atoms with Crippen molar-refractivity contribution in [1.29, 1.82) is 0 Å². The van der Waals surface area contributed by atoms with Gasteiger partial charge in [0.1, 0.15) is 5.82 Å². The lowest BCUT2D eigenvalue weighted by Gasteiger charge is -2.07. The molecule has 0 bridgehead atoms. The number of halogens is 2. The van der Waals surface area contributed by atoms with Gasteiger partial charge in [-0.25, -0.2) is 9.18 Å². The molecule has 0 spiro atoms. The maximum Gasteiger partial charge on any atom is 0.341 e. The van der Waals surface area contributed by atoms with Gasteiger partial charge in [-0.05, 0) is 30.3 Å². The predicted octanol–water partition coefficient (Wildman–Crippen LogP) is 3.38. The van der Waals surface area contributed by atoms with E-state index < -0.39 is 24.3 Å². The molecule has 2 aromatic carbocycles. The first-order valence-electron chi connectivity index (χ1n) is 6.03. The molecular weight excluding hydrogens is 341 g/mol. The molecule has 0 saturated carbocycles. The van der Waals surface area contributed by atoms with E-state index in [0.29, 0.717) is 10.2 Å². The zero-order valence-electron chi connectivity index (χ0n) is 10.8. The minimum absolute atomic E-state index is 0.217. The van der Waals surface area contributed by atoms with Crippen molar-refractivity contribution in [3.63, 3.8) is 0 Å². The van der Waals surface area contributed by atoms with Crippen LogP contribution in [0.3, 0.4) is 0 Å². The number of nitrogens with one attached hydrogen (secondary N) is 1. The number of rotatable bonds is 4. The Labute approximate surface area is 129 Å². The van der Waals surface area contributed by atoms with Crippen LogP contribution >= 0.6 is 15.9 Å². The number of carbonyl (C=O) groups is 2. The minimum atomic E-state index is -0.886. The molecule has 0 atom stereocenters. The van der Waals surface area contributed by atoms with Crippen molar-refractivity contribution in [2.75, 3.05) is 11.9 Å². The Bertz CT molecular complexity index is 661. The molecule has 0 aliphatic carbocycles. The second-order valence-corrected chi connectivity index (χ2v) is 5.03. The Morgan fingerprint density at radius 2 is 1.86 bits per heavy atom. The van der Waals surface area contributed by atoms with Gasteiger partial charge in [0.2, 0.25) is 0 Å². The van der Waals surface area contributed by atoms with Crippen LogP contribution < -0.4 is 5.32 Å². The van der Waals surface area contributed by atoms with Gasteiger partial charge in [-0.2, -0.15) is 0 Å². The Morgan fingerprint density at radius 3 is 2.52 bits per heavy atom. The third-order valence-corrected chi connectivity index (χ3v) is 3.04. The normalized spacial score (nSPS) is 10.0. The molecule has 0 heterocycles. The second kappa shape index (κ2) is 6.99. The highest BCUT2D eigenvalue weighted by Crippen LogP contribution is 2.16. The van der Waals surface area contributed by atoms with Crippen LogP contribution in [0.15, 0.2) is 53.0 Å². The van der Waals surface area contributed by atoms with Gasteiger partial charge < -0.3 is 10.1 Å². The molecule has 4 nitrogen and oxygen atoms in total. The number of para-hydroxylation sites is 1. The number of anilines is 1. The van der Waals surface area contributed by atoms with Gasteiger partial charge in [0.15, 0.2) is 6.61 Å². The summed E-state index contributed by atoms with van der Waals surface area (Å²) >= 11 is 3.09. The minimum Gasteiger partial charge on any atom is -0.452 e. The molecule has 6 heteroatoms. The molecule has 2 rings (SSSR count). The molecule has 0 radical (unpaired) electrons. The lowest BCUT2D eigenvalue weighted by molar-refractivity contribution is -0.119. The van der Waals surface area contributed by atoms with Crippen LogP contribution in [-0.4, -0.2) is 18.5 Å². The highest BCUT2D eigenvalue weighted by molar-refractivity contribution is 9.10. The number of ether oxygens (including phenoxy) is 1. The average molecular weight is 352 g/mol. The lowest BCUT2D eigenvalue weighted by Crippen LogP contribution is -2.21. The van der Waals surface area contributed by atoms with Crippen molar-refractivity contribution in [3.8, 4) is 0 Å². The summed E-state index contributed by atoms with van der Waals surface area (Å²) in [7, 11) is 0. The fourth-order valence-corrected chi connectivity index (χ4v) is 1.92. The van der Waals surface area contributed by atoms with Crippen LogP contribution in [0.25, 0.3) is 0 Å². The molecule has 1 amide bonds. The van der Waals surface area contributed by atoms with Gasteiger partial charge in [0.05, 0.1) is 5.56 Å². The van der Waals surface area contributed by atoms with E-state index in [4.69, 9.17) is 4.74 Å². The van der Waals surface area contributed by atoms with Gasteiger partial charge in [0, 0.05) is 10.2 Å². The van der Waals surface area contributed by atoms with Crippen molar-refractivity contribution in [2.24, 2.45) is 0 Å². The molecule has 2 aromatic rings. The predicted molar refractivity (Wildman–Crippen MR) is 79.5 cm³/mol. The van der Waals surface area contributed by atoms with Gasteiger partial charge in [0.25, 0.3) is 5.91 Å². The molecule has 1 N–H and O–H groups in total. The third kappa shape index (κ3) is 4.39. The lowest BCUT2D eigenvalue weighted by atomic mass is 10.2. The monoisotopic (exact) mass is 351 g/mol. The van der Waals surface area contributed by atoms with Crippen molar-refractivity contribution in [1.82, 2.24) is 0 Å². The Morgan fingerprint density at radius 1 is 1.14 bits per heavy atom. The molecule has 0 aliphatic heterocycles. The Hall–Kier alpha value is -2.21. The summed E-state index contributed by atoms with van der Waals surface area (Å²) in [6.45, 7) is -0.483. The van der Waals surface area contributed by atoms with Gasteiger partial charge >= 0.3 is 5.97 Å². The summed E-state index contributed by atoms with van der Waals surface area (Å²) in [6, 6.07) is 12.7. The van der Waals surface area contributed by atoms with E-state index in [1.165, 1.54) is 12.1 Å². The SMILES string of the molecule is O=C(COC(=O)c1ccc(Br)cc1F)Nc1ccccc1. The molecule has 0 saturated heterocycles. The maximum atomic E-state index is 13.5. The largest absolute Gasteiger partial charge is 0.452 e. The smallest absolute Gasteiger partial charge is 0.341 e. The van der Waals surface area contributed by atoms with E-state index in [0.717, 1.165) is 6.07 Å². The third-order valence-electron chi connectivity index (χ3n) is 2.54. The van der Waals surface area contributed by atoms with Crippen molar-refractivity contribution in [2.45, 2.75) is 0 Å². The topological polar surface area (TPSA) is 55.4 Å². The standard InChI is InChI=1S/C15H11BrFNO3/c16-10-6-7-12(13(17)8-10)15(20)21-9-14(19)18-11-4-2-1-3-5-11/h1-8H,9H2,(H,18,19). The number of esters is 1. The zero-order valence-corrected chi connectivity index (χ0v) is 12.4. The van der Waals surface area contributed by atoms with E-state index in [1.807, 2.05) is 6.07 Å². The summed E-state index contributed by atoms with van der Waals surface area (Å²) in [5, 5.41) is 2.56. The average Bonchev–Trinajstić information content (AvgIpc) is 2.46. The molecule has 0 unspecified atom stereocenters. The second-order valence-electron chi connectivity index (χ2n) is 4.11. The van der Waals surface area contributed by atoms with Crippen LogP contribution in [-0.2, 0) is 9.53 Å². The summed E-state index contributed by atoms with van der Waals surface area (Å²) < 4.78 is 18.8. The fourth-order valence-electron chi connectivity index (χ4n) is 1.58. The van der Waals surface area contributed by atoms with Crippen LogP contribution in [0.2, 0.25) is 0 Å². The van der Waals surface area contributed by atoms with E-state index >= 15 is 0 Å². The number of carbonyl (C=O) groups excluding carboxylic acids is 2. The first kappa shape index (κ1) is 15.2. The summed E-state index contributed by atoms with van der Waals surface area (Å²) in [5.74, 6) is -2.09. The summed E-state index contributed by atoms with van der Waals surface area (Å²) in [4.78, 5) is 23.3. The maximum absolute atomic E-state index is 13.5. The van der Waals surface area contributed by atoms with E-state index in [-0.39, 0.29) is 5.56 Å². The molecule has 0 aliphatic rings. The van der Waals surface area contributed by atoms with Gasteiger partial charge in [-0.15, -0.1) is 0 Å². The molecule has 0 aromatic heterocycles. The van der Waals surface area contributed by atoms with Crippen LogP contribution in [0.1, 0.15) is 10.4 Å². The summed E-state index contributed by atoms with van der Waals surface area (Å²) in [5.41, 5.74) is 0.374. The van der Waals surface area contributed by atoms with Crippen LogP contribution in [0.4, 0.5) is 10.1 Å². The van der Waals surface area contributed by atoms with Crippen molar-refractivity contribution in [3.05, 3.63) is 64.4 Å². The highest BCUT2D eigenvalue weighted by Gasteiger charge is 2.15. The summed E-state index contributed by atoms with van der Waals surface area (Å²) in [6.07, 6.45) is 0. The zero-order chi connectivity index (χ0) is 15.2. The van der Waals surface area contributed by atoms with E-state index in [2.05, 4.69) is 21.2 Å². The first-order valence-corrected chi connectivity index (χ1v) is 6.82. The fraction of sp³-hybridized carbons (Fsp3) is 0.0667. The number of amides is 1. The molecule has 108 valence electrons. The van der Waals surface area contributed by atoms with Gasteiger partial charge in [-0.1, -0.05) is 34.1 Å². The van der Waals surface area contributed by atoms with Crippen LogP contribution in [0.5, 0.6) is 0 Å². The van der Waals surface area contributed by atoms with Gasteiger partial charge in [-0.3, -0.25) is 4.79 Å². The number of benzene rings is 2. The molecular formula is C15H11BrFNO3. The first-order chi connectivity index (χ1) is 10.1. The van der Waals surface area contributed by atoms with Crippen molar-refractivity contribution >= 4 is 33.5 Å². The van der Waals surface area contributed by atoms with Crippen LogP contribution in [0, 0.1) is 5.82 Å². The number of hydrogen-bond acceptors (Lipinski definition) is 3. The van der Waals surface area contributed by atoms with E-state index in [9.17, 15) is 14.0 Å². The Kier molecular flexibility index (Phi) is 5.05. The number of hydrogen-bond donors (Lipinski definition) is 1. The molecule has 0 fully saturated rings. The van der Waals surface area contributed by atoms with E-state index in [1.54, 1.807) is 24.3 Å². The Balaban J connectivity index is 1.90. The van der Waals surface area contributed by atoms with Crippen molar-refractivity contribution < 1.29 is 18.7 Å². The highest BCUT2D eigenvalue weighted by atomic mass is 79.9. The quantitative estimate of drug-likeness (QED) is 0.859. The molecule has 21 heavy (non-hydrogen) atoms.